The molecule has 0 saturated heterocycles. The number of benzene rings is 2. The lowest BCUT2D eigenvalue weighted by Gasteiger charge is -2.10. The molecule has 0 fully saturated rings. The summed E-state index contributed by atoms with van der Waals surface area (Å²) in [6.07, 6.45) is 1.62. The summed E-state index contributed by atoms with van der Waals surface area (Å²) in [6, 6.07) is 20.5. The van der Waals surface area contributed by atoms with Gasteiger partial charge in [-0.25, -0.2) is 4.98 Å². The standard InChI is InChI=1S/C22H20N4O/c1-15(2)17-6-8-18(9-7-17)25-20-10-11-21(24-14-20)22(27)26-19-5-3-4-16(12-19)13-23/h3-12,14-15,25H,1-2H3,(H,26,27). The summed E-state index contributed by atoms with van der Waals surface area (Å²) in [6.45, 7) is 4.32. The van der Waals surface area contributed by atoms with Gasteiger partial charge >= 0.3 is 0 Å². The minimum Gasteiger partial charge on any atom is -0.354 e. The Labute approximate surface area is 158 Å². The van der Waals surface area contributed by atoms with E-state index >= 15 is 0 Å². The number of hydrogen-bond acceptors (Lipinski definition) is 4. The van der Waals surface area contributed by atoms with E-state index in [0.717, 1.165) is 11.4 Å². The van der Waals surface area contributed by atoms with Gasteiger partial charge in [-0.05, 0) is 53.9 Å². The average Bonchev–Trinajstić information content (AvgIpc) is 2.69. The Morgan fingerprint density at radius 3 is 2.37 bits per heavy atom. The van der Waals surface area contributed by atoms with Crippen LogP contribution in [0.15, 0.2) is 66.9 Å². The first-order chi connectivity index (χ1) is 13.0. The third-order valence-corrected chi connectivity index (χ3v) is 4.11. The highest BCUT2D eigenvalue weighted by molar-refractivity contribution is 6.03. The molecule has 0 aliphatic rings. The van der Waals surface area contributed by atoms with E-state index in [9.17, 15) is 4.79 Å². The van der Waals surface area contributed by atoms with E-state index in [2.05, 4.69) is 41.6 Å². The smallest absolute Gasteiger partial charge is 0.274 e. The van der Waals surface area contributed by atoms with Crippen LogP contribution in [0.25, 0.3) is 0 Å². The molecular formula is C22H20N4O. The molecule has 5 heteroatoms. The Balaban J connectivity index is 1.65. The molecule has 0 aliphatic heterocycles. The number of pyridine rings is 1. The number of nitriles is 1. The summed E-state index contributed by atoms with van der Waals surface area (Å²) in [5.74, 6) is 0.172. The molecule has 0 atom stereocenters. The number of anilines is 3. The van der Waals surface area contributed by atoms with Crippen molar-refractivity contribution in [2.24, 2.45) is 0 Å². The average molecular weight is 356 g/mol. The molecule has 0 radical (unpaired) electrons. The number of nitrogens with one attached hydrogen (secondary N) is 2. The Morgan fingerprint density at radius 2 is 1.74 bits per heavy atom. The van der Waals surface area contributed by atoms with Crippen LogP contribution in [0.2, 0.25) is 0 Å². The van der Waals surface area contributed by atoms with Gasteiger partial charge < -0.3 is 10.6 Å². The molecule has 27 heavy (non-hydrogen) atoms. The van der Waals surface area contributed by atoms with Crippen molar-refractivity contribution in [2.75, 3.05) is 10.6 Å². The molecule has 1 aromatic heterocycles. The molecule has 3 rings (SSSR count). The normalized spacial score (nSPS) is 10.3. The van der Waals surface area contributed by atoms with Crippen LogP contribution in [-0.2, 0) is 0 Å². The van der Waals surface area contributed by atoms with Crippen LogP contribution < -0.4 is 10.6 Å². The largest absolute Gasteiger partial charge is 0.354 e. The van der Waals surface area contributed by atoms with Crippen LogP contribution in [0.5, 0.6) is 0 Å². The fourth-order valence-electron chi connectivity index (χ4n) is 2.58. The van der Waals surface area contributed by atoms with E-state index < -0.39 is 0 Å². The summed E-state index contributed by atoms with van der Waals surface area (Å²) >= 11 is 0. The SMILES string of the molecule is CC(C)c1ccc(Nc2ccc(C(=O)Nc3cccc(C#N)c3)nc2)cc1. The van der Waals surface area contributed by atoms with Gasteiger partial charge in [0, 0.05) is 11.4 Å². The zero-order chi connectivity index (χ0) is 19.2. The molecule has 2 aromatic carbocycles. The zero-order valence-corrected chi connectivity index (χ0v) is 15.2. The quantitative estimate of drug-likeness (QED) is 0.669. The van der Waals surface area contributed by atoms with Gasteiger partial charge in [-0.2, -0.15) is 5.26 Å². The molecule has 5 nitrogen and oxygen atoms in total. The van der Waals surface area contributed by atoms with Gasteiger partial charge in [0.05, 0.1) is 23.5 Å². The third-order valence-electron chi connectivity index (χ3n) is 4.11. The minimum atomic E-state index is -0.321. The maximum atomic E-state index is 12.3. The highest BCUT2D eigenvalue weighted by Crippen LogP contribution is 2.20. The molecule has 0 bridgehead atoms. The van der Waals surface area contributed by atoms with Gasteiger partial charge in [-0.15, -0.1) is 0 Å². The molecule has 1 amide bonds. The summed E-state index contributed by atoms with van der Waals surface area (Å²) < 4.78 is 0. The van der Waals surface area contributed by atoms with Crippen molar-refractivity contribution in [1.29, 1.82) is 5.26 Å². The molecule has 0 aliphatic carbocycles. The van der Waals surface area contributed by atoms with E-state index in [0.29, 0.717) is 22.9 Å². The molecule has 1 heterocycles. The first-order valence-electron chi connectivity index (χ1n) is 8.70. The van der Waals surface area contributed by atoms with Crippen LogP contribution >= 0.6 is 0 Å². The second kappa shape index (κ2) is 8.15. The molecule has 2 N–H and O–H groups in total. The predicted octanol–water partition coefficient (Wildman–Crippen LogP) is 5.07. The van der Waals surface area contributed by atoms with Crippen molar-refractivity contribution in [2.45, 2.75) is 19.8 Å². The number of amides is 1. The monoisotopic (exact) mass is 356 g/mol. The minimum absolute atomic E-state index is 0.304. The molecule has 134 valence electrons. The first-order valence-corrected chi connectivity index (χ1v) is 8.70. The second-order valence-corrected chi connectivity index (χ2v) is 6.48. The number of aromatic nitrogens is 1. The van der Waals surface area contributed by atoms with Crippen molar-refractivity contribution in [3.05, 3.63) is 83.7 Å². The van der Waals surface area contributed by atoms with Gasteiger partial charge in [0.25, 0.3) is 5.91 Å². The van der Waals surface area contributed by atoms with E-state index in [4.69, 9.17) is 5.26 Å². The third kappa shape index (κ3) is 4.71. The number of carbonyl (C=O) groups excluding carboxylic acids is 1. The highest BCUT2D eigenvalue weighted by atomic mass is 16.1. The highest BCUT2D eigenvalue weighted by Gasteiger charge is 2.08. The van der Waals surface area contributed by atoms with Crippen LogP contribution in [0, 0.1) is 11.3 Å². The Kier molecular flexibility index (Phi) is 5.48. The van der Waals surface area contributed by atoms with Crippen molar-refractivity contribution in [1.82, 2.24) is 4.98 Å². The van der Waals surface area contributed by atoms with Gasteiger partial charge in [0.1, 0.15) is 5.69 Å². The van der Waals surface area contributed by atoms with Crippen molar-refractivity contribution >= 4 is 23.0 Å². The lowest BCUT2D eigenvalue weighted by Crippen LogP contribution is -2.13. The fourth-order valence-corrected chi connectivity index (χ4v) is 2.58. The number of nitrogens with zero attached hydrogens (tertiary/aromatic N) is 2. The Morgan fingerprint density at radius 1 is 1.00 bits per heavy atom. The molecule has 0 unspecified atom stereocenters. The maximum Gasteiger partial charge on any atom is 0.274 e. The molecule has 3 aromatic rings. The summed E-state index contributed by atoms with van der Waals surface area (Å²) in [4.78, 5) is 16.5. The Hall–Kier alpha value is -3.65. The van der Waals surface area contributed by atoms with Crippen molar-refractivity contribution in [3.63, 3.8) is 0 Å². The number of rotatable bonds is 5. The zero-order valence-electron chi connectivity index (χ0n) is 15.2. The van der Waals surface area contributed by atoms with E-state index in [1.54, 1.807) is 36.5 Å². The second-order valence-electron chi connectivity index (χ2n) is 6.48. The summed E-state index contributed by atoms with van der Waals surface area (Å²) in [7, 11) is 0. The van der Waals surface area contributed by atoms with Gasteiger partial charge in [-0.3, -0.25) is 4.79 Å². The van der Waals surface area contributed by atoms with Crippen molar-refractivity contribution < 1.29 is 4.79 Å². The van der Waals surface area contributed by atoms with Crippen LogP contribution in [0.4, 0.5) is 17.1 Å². The molecule has 0 spiro atoms. The maximum absolute atomic E-state index is 12.3. The summed E-state index contributed by atoms with van der Waals surface area (Å²) in [5, 5.41) is 14.9. The van der Waals surface area contributed by atoms with E-state index in [-0.39, 0.29) is 5.91 Å². The lowest BCUT2D eigenvalue weighted by molar-refractivity contribution is 0.102. The van der Waals surface area contributed by atoms with Gasteiger partial charge in [0.15, 0.2) is 0 Å². The summed E-state index contributed by atoms with van der Waals surface area (Å²) in [5.41, 5.74) is 4.41. The predicted molar refractivity (Wildman–Crippen MR) is 107 cm³/mol. The van der Waals surface area contributed by atoms with Crippen LogP contribution in [0.1, 0.15) is 41.4 Å². The van der Waals surface area contributed by atoms with Gasteiger partial charge in [-0.1, -0.05) is 32.0 Å². The topological polar surface area (TPSA) is 77.8 Å². The van der Waals surface area contributed by atoms with Crippen molar-refractivity contribution in [3.8, 4) is 6.07 Å². The van der Waals surface area contributed by atoms with Crippen LogP contribution in [-0.4, -0.2) is 10.9 Å². The van der Waals surface area contributed by atoms with Gasteiger partial charge in [0.2, 0.25) is 0 Å². The number of hydrogen-bond donors (Lipinski definition) is 2. The van der Waals surface area contributed by atoms with E-state index in [1.165, 1.54) is 5.56 Å². The number of carbonyl (C=O) groups is 1. The molecular weight excluding hydrogens is 336 g/mol. The Bertz CT molecular complexity index is 970. The molecule has 0 saturated carbocycles. The first kappa shape index (κ1) is 18.2. The van der Waals surface area contributed by atoms with Crippen LogP contribution in [0.3, 0.4) is 0 Å². The fraction of sp³-hybridized carbons (Fsp3) is 0.136. The van der Waals surface area contributed by atoms with E-state index in [1.807, 2.05) is 24.3 Å². The lowest BCUT2D eigenvalue weighted by atomic mass is 10.0.